The molecule has 0 bridgehead atoms. The number of ether oxygens (including phenoxy) is 1. The minimum Gasteiger partial charge on any atom is -0.361 e. The smallest absolute Gasteiger partial charge is 0.273 e. The third-order valence-electron chi connectivity index (χ3n) is 5.30. The molecule has 0 aromatic heterocycles. The molecule has 1 fully saturated rings. The van der Waals surface area contributed by atoms with Crippen molar-refractivity contribution in [2.45, 2.75) is 25.0 Å². The van der Waals surface area contributed by atoms with Crippen LogP contribution in [0.1, 0.15) is 18.4 Å². The molecule has 140 valence electrons. The van der Waals surface area contributed by atoms with Gasteiger partial charge in [0.25, 0.3) is 5.91 Å². The second-order valence-electron chi connectivity index (χ2n) is 7.01. The van der Waals surface area contributed by atoms with Gasteiger partial charge in [0, 0.05) is 23.8 Å². The Hall–Kier alpha value is -2.21. The lowest BCUT2D eigenvalue weighted by Crippen LogP contribution is -2.56. The lowest BCUT2D eigenvalue weighted by Gasteiger charge is -2.42. The molecule has 2 heterocycles. The normalized spacial score (nSPS) is 19.1. The summed E-state index contributed by atoms with van der Waals surface area (Å²) in [6, 6.07) is 17.7. The zero-order valence-electron chi connectivity index (χ0n) is 15.1. The van der Waals surface area contributed by atoms with Crippen LogP contribution in [-0.2, 0) is 16.1 Å². The zero-order chi connectivity index (χ0) is 18.7. The van der Waals surface area contributed by atoms with E-state index in [4.69, 9.17) is 16.3 Å². The summed E-state index contributed by atoms with van der Waals surface area (Å²) in [6.07, 6.45) is 3.08. The highest BCUT2D eigenvalue weighted by atomic mass is 35.5. The molecule has 2 aromatic carbocycles. The maximum atomic E-state index is 12.6. The molecule has 0 unspecified atom stereocenters. The Labute approximate surface area is 164 Å². The van der Waals surface area contributed by atoms with E-state index in [-0.39, 0.29) is 5.91 Å². The molecular weight excluding hydrogens is 362 g/mol. The molecule has 6 heteroatoms. The summed E-state index contributed by atoms with van der Waals surface area (Å²) in [5.41, 5.74) is 1.48. The molecule has 2 aliphatic heterocycles. The SMILES string of the molecule is O=C1N=CN(c2cccc(Cl)c2)C12CCN(COCc1ccccc1)CC2. The van der Waals surface area contributed by atoms with Crippen LogP contribution in [0.3, 0.4) is 0 Å². The molecular formula is C21H22ClN3O2. The number of carbonyl (C=O) groups excluding carboxylic acids is 1. The summed E-state index contributed by atoms with van der Waals surface area (Å²) in [5, 5.41) is 0.655. The largest absolute Gasteiger partial charge is 0.361 e. The Bertz CT molecular complexity index is 832. The van der Waals surface area contributed by atoms with Gasteiger partial charge in [-0.05, 0) is 36.6 Å². The maximum absolute atomic E-state index is 12.6. The van der Waals surface area contributed by atoms with E-state index in [1.807, 2.05) is 47.4 Å². The average Bonchev–Trinajstić information content (AvgIpc) is 3.00. The number of hydrogen-bond acceptors (Lipinski definition) is 4. The second kappa shape index (κ2) is 7.80. The van der Waals surface area contributed by atoms with Gasteiger partial charge >= 0.3 is 0 Å². The van der Waals surface area contributed by atoms with Crippen molar-refractivity contribution in [3.05, 3.63) is 65.2 Å². The minimum absolute atomic E-state index is 0.0627. The lowest BCUT2D eigenvalue weighted by molar-refractivity contribution is -0.124. The lowest BCUT2D eigenvalue weighted by atomic mass is 9.85. The Balaban J connectivity index is 1.37. The number of rotatable bonds is 5. The molecule has 0 radical (unpaired) electrons. The Morgan fingerprint density at radius 3 is 2.59 bits per heavy atom. The average molecular weight is 384 g/mol. The first-order valence-corrected chi connectivity index (χ1v) is 9.53. The topological polar surface area (TPSA) is 45.1 Å². The van der Waals surface area contributed by atoms with Crippen LogP contribution in [0.4, 0.5) is 5.69 Å². The molecule has 0 N–H and O–H groups in total. The number of likely N-dealkylation sites (tertiary alicyclic amines) is 1. The van der Waals surface area contributed by atoms with Gasteiger partial charge in [-0.2, -0.15) is 0 Å². The van der Waals surface area contributed by atoms with Crippen molar-refractivity contribution in [2.24, 2.45) is 4.99 Å². The minimum atomic E-state index is -0.597. The first-order chi connectivity index (χ1) is 13.2. The van der Waals surface area contributed by atoms with Crippen molar-refractivity contribution in [3.63, 3.8) is 0 Å². The Morgan fingerprint density at radius 1 is 1.07 bits per heavy atom. The first-order valence-electron chi connectivity index (χ1n) is 9.15. The van der Waals surface area contributed by atoms with Gasteiger partial charge in [-0.3, -0.25) is 9.69 Å². The van der Waals surface area contributed by atoms with Crippen LogP contribution in [-0.4, -0.2) is 42.5 Å². The Kier molecular flexibility index (Phi) is 5.25. The molecule has 2 aliphatic rings. The highest BCUT2D eigenvalue weighted by molar-refractivity contribution is 6.31. The zero-order valence-corrected chi connectivity index (χ0v) is 15.8. The molecule has 2 aromatic rings. The summed E-state index contributed by atoms with van der Waals surface area (Å²) < 4.78 is 5.84. The summed E-state index contributed by atoms with van der Waals surface area (Å²) in [6.45, 7) is 2.75. The van der Waals surface area contributed by atoms with Gasteiger partial charge in [-0.15, -0.1) is 0 Å². The van der Waals surface area contributed by atoms with Gasteiger partial charge in [-0.25, -0.2) is 4.99 Å². The molecule has 0 atom stereocenters. The van der Waals surface area contributed by atoms with Crippen LogP contribution in [0, 0.1) is 0 Å². The van der Waals surface area contributed by atoms with Crippen LogP contribution in [0.15, 0.2) is 59.6 Å². The fourth-order valence-corrected chi connectivity index (χ4v) is 3.94. The van der Waals surface area contributed by atoms with Gasteiger partial charge in [0.1, 0.15) is 5.54 Å². The van der Waals surface area contributed by atoms with Gasteiger partial charge in [0.2, 0.25) is 0 Å². The fourth-order valence-electron chi connectivity index (χ4n) is 3.76. The monoisotopic (exact) mass is 383 g/mol. The number of anilines is 1. The van der Waals surface area contributed by atoms with Crippen molar-refractivity contribution in [1.82, 2.24) is 4.90 Å². The van der Waals surface area contributed by atoms with E-state index in [9.17, 15) is 4.79 Å². The van der Waals surface area contributed by atoms with E-state index in [1.165, 1.54) is 0 Å². The van der Waals surface area contributed by atoms with Crippen LogP contribution in [0.25, 0.3) is 0 Å². The number of amides is 1. The van der Waals surface area contributed by atoms with Crippen molar-refractivity contribution in [2.75, 3.05) is 24.7 Å². The van der Waals surface area contributed by atoms with Crippen molar-refractivity contribution in [1.29, 1.82) is 0 Å². The van der Waals surface area contributed by atoms with E-state index in [2.05, 4.69) is 22.0 Å². The molecule has 0 saturated carbocycles. The van der Waals surface area contributed by atoms with Gasteiger partial charge in [-0.1, -0.05) is 48.0 Å². The van der Waals surface area contributed by atoms with E-state index in [0.29, 0.717) is 31.2 Å². The summed E-state index contributed by atoms with van der Waals surface area (Å²) >= 11 is 6.14. The molecule has 1 saturated heterocycles. The van der Waals surface area contributed by atoms with Crippen molar-refractivity contribution in [3.8, 4) is 0 Å². The highest BCUT2D eigenvalue weighted by Gasteiger charge is 2.49. The predicted molar refractivity (Wildman–Crippen MR) is 107 cm³/mol. The summed E-state index contributed by atoms with van der Waals surface area (Å²) in [5.74, 6) is -0.0627. The first kappa shape index (κ1) is 18.2. The standard InChI is InChI=1S/C21H22ClN3O2/c22-18-7-4-8-19(13-18)25-15-23-20(26)21(25)9-11-24(12-10-21)16-27-14-17-5-2-1-3-6-17/h1-8,13,15H,9-12,14,16H2. The predicted octanol–water partition coefficient (Wildman–Crippen LogP) is 3.72. The molecule has 27 heavy (non-hydrogen) atoms. The number of piperidine rings is 1. The third-order valence-corrected chi connectivity index (χ3v) is 5.54. The highest BCUT2D eigenvalue weighted by Crippen LogP contribution is 2.37. The van der Waals surface area contributed by atoms with Gasteiger partial charge in [0.05, 0.1) is 19.7 Å². The number of nitrogens with zero attached hydrogens (tertiary/aromatic N) is 3. The van der Waals surface area contributed by atoms with Crippen LogP contribution >= 0.6 is 11.6 Å². The molecule has 4 rings (SSSR count). The van der Waals surface area contributed by atoms with Crippen LogP contribution < -0.4 is 4.90 Å². The number of benzene rings is 2. The van der Waals surface area contributed by atoms with Gasteiger partial charge in [0.15, 0.2) is 0 Å². The number of halogens is 1. The summed E-state index contributed by atoms with van der Waals surface area (Å²) in [4.78, 5) is 20.9. The molecule has 1 spiro atoms. The summed E-state index contributed by atoms with van der Waals surface area (Å²) in [7, 11) is 0. The fraction of sp³-hybridized carbons (Fsp3) is 0.333. The van der Waals surface area contributed by atoms with E-state index in [0.717, 1.165) is 24.3 Å². The van der Waals surface area contributed by atoms with Crippen molar-refractivity contribution >= 4 is 29.5 Å². The number of aliphatic imine (C=N–C) groups is 1. The Morgan fingerprint density at radius 2 is 1.85 bits per heavy atom. The van der Waals surface area contributed by atoms with Crippen LogP contribution in [0.5, 0.6) is 0 Å². The van der Waals surface area contributed by atoms with E-state index < -0.39 is 5.54 Å². The number of carbonyl (C=O) groups is 1. The van der Waals surface area contributed by atoms with E-state index in [1.54, 1.807) is 6.34 Å². The number of hydrogen-bond donors (Lipinski definition) is 0. The quantitative estimate of drug-likeness (QED) is 0.789. The third kappa shape index (κ3) is 3.76. The molecule has 0 aliphatic carbocycles. The van der Waals surface area contributed by atoms with Crippen LogP contribution in [0.2, 0.25) is 5.02 Å². The second-order valence-corrected chi connectivity index (χ2v) is 7.45. The van der Waals surface area contributed by atoms with Crippen molar-refractivity contribution < 1.29 is 9.53 Å². The van der Waals surface area contributed by atoms with E-state index >= 15 is 0 Å². The molecule has 5 nitrogen and oxygen atoms in total. The molecule has 1 amide bonds. The van der Waals surface area contributed by atoms with Gasteiger partial charge < -0.3 is 9.64 Å². The maximum Gasteiger partial charge on any atom is 0.273 e.